The number of ether oxygens (including phenoxy) is 2. The number of amides is 3. The Morgan fingerprint density at radius 1 is 1.35 bits per heavy atom. The van der Waals surface area contributed by atoms with Crippen LogP contribution >= 0.6 is 0 Å². The van der Waals surface area contributed by atoms with Gasteiger partial charge < -0.3 is 14.4 Å². The van der Waals surface area contributed by atoms with E-state index in [0.717, 1.165) is 0 Å². The van der Waals surface area contributed by atoms with Gasteiger partial charge in [-0.25, -0.2) is 14.5 Å². The molecule has 0 aromatic rings. The first-order valence-electron chi connectivity index (χ1n) is 7.96. The van der Waals surface area contributed by atoms with Crippen molar-refractivity contribution in [1.82, 2.24) is 9.80 Å². The van der Waals surface area contributed by atoms with E-state index in [1.165, 1.54) is 12.0 Å². The highest BCUT2D eigenvalue weighted by molar-refractivity contribution is 5.95. The molecule has 0 saturated carbocycles. The van der Waals surface area contributed by atoms with E-state index < -0.39 is 18.1 Å². The van der Waals surface area contributed by atoms with Gasteiger partial charge in [0.2, 0.25) is 5.91 Å². The summed E-state index contributed by atoms with van der Waals surface area (Å²) in [5, 5.41) is 0. The standard InChI is InChI=1S/C16H22N2O5/c1-9(2)13-8-23-16(21)18(13)14(19)11-6-10-4-5-12(11)17(7-10)15(20)22-3/h4-5,9-13H,6-8H2,1-3H3/t10-,11+,12+,13+/m0/s1. The van der Waals surface area contributed by atoms with Crippen LogP contribution in [0.4, 0.5) is 9.59 Å². The van der Waals surface area contributed by atoms with Gasteiger partial charge >= 0.3 is 12.2 Å². The van der Waals surface area contributed by atoms with Crippen molar-refractivity contribution < 1.29 is 23.9 Å². The summed E-state index contributed by atoms with van der Waals surface area (Å²) in [6.45, 7) is 4.70. The van der Waals surface area contributed by atoms with Gasteiger partial charge in [0.15, 0.2) is 0 Å². The molecule has 3 amide bonds. The van der Waals surface area contributed by atoms with E-state index in [0.29, 0.717) is 13.0 Å². The van der Waals surface area contributed by atoms with Gasteiger partial charge in [0.1, 0.15) is 6.61 Å². The fraction of sp³-hybridized carbons (Fsp3) is 0.688. The maximum absolute atomic E-state index is 13.0. The Morgan fingerprint density at radius 3 is 2.70 bits per heavy atom. The number of cyclic esters (lactones) is 1. The molecule has 3 heterocycles. The normalized spacial score (nSPS) is 32.4. The predicted octanol–water partition coefficient (Wildman–Crippen LogP) is 1.63. The van der Waals surface area contributed by atoms with Crippen LogP contribution in [0.3, 0.4) is 0 Å². The number of methoxy groups -OCH3 is 1. The number of nitrogens with zero attached hydrogens (tertiary/aromatic N) is 2. The molecule has 23 heavy (non-hydrogen) atoms. The molecule has 4 atom stereocenters. The summed E-state index contributed by atoms with van der Waals surface area (Å²) in [6, 6.07) is -0.604. The van der Waals surface area contributed by atoms with Crippen molar-refractivity contribution in [1.29, 1.82) is 0 Å². The lowest BCUT2D eigenvalue weighted by Crippen LogP contribution is -2.58. The predicted molar refractivity (Wildman–Crippen MR) is 80.5 cm³/mol. The second kappa shape index (κ2) is 5.86. The third-order valence-electron chi connectivity index (χ3n) is 4.98. The molecular weight excluding hydrogens is 300 g/mol. The molecule has 2 saturated heterocycles. The zero-order valence-corrected chi connectivity index (χ0v) is 13.6. The lowest BCUT2D eigenvalue weighted by Gasteiger charge is -2.45. The number of rotatable bonds is 2. The smallest absolute Gasteiger partial charge is 0.416 e. The largest absolute Gasteiger partial charge is 0.453 e. The summed E-state index contributed by atoms with van der Waals surface area (Å²) in [7, 11) is 1.33. The highest BCUT2D eigenvalue weighted by atomic mass is 16.6. The number of fused-ring (bicyclic) bond motifs is 2. The molecule has 0 radical (unpaired) electrons. The molecule has 1 aliphatic carbocycles. The van der Waals surface area contributed by atoms with E-state index in [4.69, 9.17) is 9.47 Å². The molecule has 126 valence electrons. The molecule has 0 aromatic carbocycles. The maximum Gasteiger partial charge on any atom is 0.416 e. The zero-order chi connectivity index (χ0) is 16.7. The van der Waals surface area contributed by atoms with Crippen molar-refractivity contribution in [3.8, 4) is 0 Å². The number of imide groups is 1. The quantitative estimate of drug-likeness (QED) is 0.722. The third-order valence-corrected chi connectivity index (χ3v) is 4.98. The van der Waals surface area contributed by atoms with Gasteiger partial charge in [-0.3, -0.25) is 4.79 Å². The molecule has 7 nitrogen and oxygen atoms in total. The SMILES string of the molecule is COC(=O)N1C[C@H]2C=C[C@@H]1[C@H](C(=O)N1C(=O)OC[C@@H]1C(C)C)C2. The van der Waals surface area contributed by atoms with Crippen molar-refractivity contribution >= 4 is 18.1 Å². The minimum absolute atomic E-state index is 0.115. The Labute approximate surface area is 135 Å². The summed E-state index contributed by atoms with van der Waals surface area (Å²) >= 11 is 0. The van der Waals surface area contributed by atoms with Crippen molar-refractivity contribution in [2.75, 3.05) is 20.3 Å². The topological polar surface area (TPSA) is 76.2 Å². The molecule has 0 unspecified atom stereocenters. The van der Waals surface area contributed by atoms with Crippen molar-refractivity contribution in [3.63, 3.8) is 0 Å². The van der Waals surface area contributed by atoms with Gasteiger partial charge in [0.05, 0.1) is 25.1 Å². The van der Waals surface area contributed by atoms with Crippen LogP contribution in [0.1, 0.15) is 20.3 Å². The number of carbonyl (C=O) groups is 3. The molecule has 7 heteroatoms. The Balaban J connectivity index is 1.83. The fourth-order valence-electron chi connectivity index (χ4n) is 3.70. The minimum atomic E-state index is -0.580. The maximum atomic E-state index is 13.0. The van der Waals surface area contributed by atoms with E-state index in [9.17, 15) is 14.4 Å². The molecule has 2 bridgehead atoms. The Hall–Kier alpha value is -2.05. The van der Waals surface area contributed by atoms with E-state index in [-0.39, 0.29) is 36.4 Å². The average Bonchev–Trinajstić information content (AvgIpc) is 2.95. The van der Waals surface area contributed by atoms with Crippen molar-refractivity contribution in [2.24, 2.45) is 17.8 Å². The lowest BCUT2D eigenvalue weighted by atomic mass is 9.77. The fourth-order valence-corrected chi connectivity index (χ4v) is 3.70. The lowest BCUT2D eigenvalue weighted by molar-refractivity contribution is -0.137. The molecule has 0 aromatic heterocycles. The molecule has 3 aliphatic heterocycles. The highest BCUT2D eigenvalue weighted by Crippen LogP contribution is 2.37. The van der Waals surface area contributed by atoms with E-state index in [2.05, 4.69) is 0 Å². The van der Waals surface area contributed by atoms with Gasteiger partial charge in [0, 0.05) is 6.54 Å². The minimum Gasteiger partial charge on any atom is -0.453 e. The van der Waals surface area contributed by atoms with Crippen LogP contribution in [0.5, 0.6) is 0 Å². The second-order valence-electron chi connectivity index (χ2n) is 6.70. The number of piperidine rings is 1. The summed E-state index contributed by atoms with van der Waals surface area (Å²) in [6.07, 6.45) is 3.54. The Kier molecular flexibility index (Phi) is 4.04. The van der Waals surface area contributed by atoms with Crippen molar-refractivity contribution in [2.45, 2.75) is 32.4 Å². The number of carbonyl (C=O) groups excluding carboxylic acids is 3. The summed E-state index contributed by atoms with van der Waals surface area (Å²) in [5.41, 5.74) is 0. The summed E-state index contributed by atoms with van der Waals surface area (Å²) in [4.78, 5) is 39.8. The van der Waals surface area contributed by atoms with Crippen LogP contribution in [-0.2, 0) is 14.3 Å². The Morgan fingerprint density at radius 2 is 2.09 bits per heavy atom. The van der Waals surface area contributed by atoms with E-state index in [1.54, 1.807) is 4.90 Å². The number of hydrogen-bond donors (Lipinski definition) is 0. The molecule has 2 fully saturated rings. The van der Waals surface area contributed by atoms with Crippen LogP contribution in [0, 0.1) is 17.8 Å². The van der Waals surface area contributed by atoms with Gasteiger partial charge in [-0.2, -0.15) is 0 Å². The van der Waals surface area contributed by atoms with E-state index in [1.807, 2.05) is 26.0 Å². The monoisotopic (exact) mass is 322 g/mol. The summed E-state index contributed by atoms with van der Waals surface area (Å²) in [5.74, 6) is -0.438. The first-order chi connectivity index (χ1) is 10.9. The van der Waals surface area contributed by atoms with Crippen LogP contribution < -0.4 is 0 Å². The average molecular weight is 322 g/mol. The summed E-state index contributed by atoms with van der Waals surface area (Å²) < 4.78 is 9.88. The first kappa shape index (κ1) is 15.8. The Bertz CT molecular complexity index is 559. The van der Waals surface area contributed by atoms with Crippen molar-refractivity contribution in [3.05, 3.63) is 12.2 Å². The van der Waals surface area contributed by atoms with Gasteiger partial charge in [-0.15, -0.1) is 0 Å². The first-order valence-corrected chi connectivity index (χ1v) is 7.96. The highest BCUT2D eigenvalue weighted by Gasteiger charge is 2.49. The molecular formula is C16H22N2O5. The number of hydrogen-bond acceptors (Lipinski definition) is 5. The second-order valence-corrected chi connectivity index (χ2v) is 6.70. The van der Waals surface area contributed by atoms with E-state index >= 15 is 0 Å². The zero-order valence-electron chi connectivity index (χ0n) is 13.6. The van der Waals surface area contributed by atoms with Gasteiger partial charge in [-0.05, 0) is 18.3 Å². The molecule has 0 N–H and O–H groups in total. The van der Waals surface area contributed by atoms with Crippen LogP contribution in [0.2, 0.25) is 0 Å². The van der Waals surface area contributed by atoms with Crippen LogP contribution in [-0.4, -0.2) is 60.2 Å². The third kappa shape index (κ3) is 2.58. The molecule has 4 rings (SSSR count). The molecule has 4 aliphatic rings. The molecule has 0 spiro atoms. The van der Waals surface area contributed by atoms with Gasteiger partial charge in [-0.1, -0.05) is 26.0 Å². The van der Waals surface area contributed by atoms with Crippen LogP contribution in [0.25, 0.3) is 0 Å². The van der Waals surface area contributed by atoms with Gasteiger partial charge in [0.25, 0.3) is 0 Å². The van der Waals surface area contributed by atoms with Crippen LogP contribution in [0.15, 0.2) is 12.2 Å².